The van der Waals surface area contributed by atoms with E-state index in [1.54, 1.807) is 0 Å². The van der Waals surface area contributed by atoms with Gasteiger partial charge in [-0.1, -0.05) is 152 Å². The van der Waals surface area contributed by atoms with Gasteiger partial charge in [-0.15, -0.1) is 0 Å². The molecular weight excluding hydrogens is 885 g/mol. The number of hydrogen-bond acceptors (Lipinski definition) is 8. The lowest BCUT2D eigenvalue weighted by Gasteiger charge is -2.46. The topological polar surface area (TPSA) is 97.7 Å². The summed E-state index contributed by atoms with van der Waals surface area (Å²) in [6.45, 7) is 1.65. The van der Waals surface area contributed by atoms with Gasteiger partial charge in [0.05, 0.1) is 48.6 Å². The molecule has 3 heterocycles. The number of imide groups is 1. The summed E-state index contributed by atoms with van der Waals surface area (Å²) in [5.74, 6) is -0.236. The number of benzene rings is 6. The van der Waals surface area contributed by atoms with Crippen molar-refractivity contribution in [2.24, 2.45) is 0 Å². The third-order valence-electron chi connectivity index (χ3n) is 11.7. The predicted octanol–water partition coefficient (Wildman–Crippen LogP) is 10.2. The van der Waals surface area contributed by atoms with Gasteiger partial charge in [0, 0.05) is 30.3 Å². The number of hydrogen-bond donors (Lipinski definition) is 0. The van der Waals surface area contributed by atoms with Crippen LogP contribution in [0.15, 0.2) is 181 Å². The zero-order valence-electron chi connectivity index (χ0n) is 35.9. The van der Waals surface area contributed by atoms with Crippen molar-refractivity contribution in [2.75, 3.05) is 13.7 Å². The van der Waals surface area contributed by atoms with E-state index >= 15 is 0 Å². The second kappa shape index (κ2) is 20.8. The Labute approximate surface area is 387 Å². The highest BCUT2D eigenvalue weighted by atomic mass is 79.9. The number of carbonyl (C=O) groups is 2. The first kappa shape index (κ1) is 44.0. The maximum Gasteiger partial charge on any atom is 0.268 e. The molecule has 2 aliphatic heterocycles. The summed E-state index contributed by atoms with van der Waals surface area (Å²) in [7, 11) is 1.48. The van der Waals surface area contributed by atoms with Crippen LogP contribution in [0, 0.1) is 0 Å². The largest absolute Gasteiger partial charge is 0.489 e. The molecule has 2 amide bonds. The van der Waals surface area contributed by atoms with E-state index in [9.17, 15) is 9.59 Å². The average Bonchev–Trinajstić information content (AvgIpc) is 3.81. The molecular formula is C54H49BrN2O8. The molecule has 330 valence electrons. The van der Waals surface area contributed by atoms with Gasteiger partial charge in [0.15, 0.2) is 6.23 Å². The Balaban J connectivity index is 1.18. The average molecular weight is 934 g/mol. The van der Waals surface area contributed by atoms with Crippen molar-refractivity contribution in [1.29, 1.82) is 0 Å². The normalized spacial score (nSPS) is 19.9. The van der Waals surface area contributed by atoms with E-state index in [4.69, 9.17) is 28.4 Å². The molecule has 0 N–H and O–H groups in total. The first-order valence-corrected chi connectivity index (χ1v) is 22.5. The molecule has 6 aromatic carbocycles. The van der Waals surface area contributed by atoms with Crippen molar-refractivity contribution >= 4 is 44.2 Å². The SMILES string of the molecule is CN1C(=O)C(Br)=C(c2cn([C@@H]3O[C@H](COCc4ccccc4)[C@@H](OCc4ccccc4)[C@H](OCc4ccccc4)[C@H]3OCc3ccccc3)c3cc(OCc4ccccc4)ccc23)C1=O. The molecule has 1 fully saturated rings. The number of likely N-dealkylation sites (N-methyl/N-ethyl adjacent to an activating group) is 1. The molecule has 0 radical (unpaired) electrons. The molecule has 0 spiro atoms. The molecule has 2 aliphatic rings. The minimum atomic E-state index is -0.869. The lowest BCUT2D eigenvalue weighted by atomic mass is 9.96. The molecule has 65 heavy (non-hydrogen) atoms. The Hall–Kier alpha value is -6.18. The molecule has 1 aromatic heterocycles. The maximum absolute atomic E-state index is 13.9. The minimum absolute atomic E-state index is 0.160. The quantitative estimate of drug-likeness (QED) is 0.0785. The number of rotatable bonds is 18. The van der Waals surface area contributed by atoms with Crippen LogP contribution in [0.1, 0.15) is 39.6 Å². The number of halogens is 1. The maximum atomic E-state index is 13.9. The van der Waals surface area contributed by atoms with Crippen LogP contribution in [0.2, 0.25) is 0 Å². The number of carbonyl (C=O) groups excluding carboxylic acids is 2. The number of amides is 2. The van der Waals surface area contributed by atoms with E-state index in [1.165, 1.54) is 7.05 Å². The third kappa shape index (κ3) is 10.2. The minimum Gasteiger partial charge on any atom is -0.489 e. The van der Waals surface area contributed by atoms with Gasteiger partial charge in [0.25, 0.3) is 11.8 Å². The number of nitrogens with zero attached hydrogens (tertiary/aromatic N) is 2. The summed E-state index contributed by atoms with van der Waals surface area (Å²) in [5, 5.41) is 0.715. The van der Waals surface area contributed by atoms with Crippen LogP contribution in [0.4, 0.5) is 0 Å². The third-order valence-corrected chi connectivity index (χ3v) is 12.4. The van der Waals surface area contributed by atoms with Gasteiger partial charge in [-0.3, -0.25) is 14.5 Å². The van der Waals surface area contributed by atoms with Crippen molar-refractivity contribution < 1.29 is 38.0 Å². The van der Waals surface area contributed by atoms with Crippen LogP contribution < -0.4 is 4.74 Å². The van der Waals surface area contributed by atoms with Gasteiger partial charge in [-0.25, -0.2) is 0 Å². The summed E-state index contributed by atoms with van der Waals surface area (Å²) in [5.41, 5.74) is 6.47. The Morgan fingerprint density at radius 2 is 1.03 bits per heavy atom. The van der Waals surface area contributed by atoms with Crippen molar-refractivity contribution in [3.05, 3.63) is 214 Å². The Kier molecular flexibility index (Phi) is 14.1. The lowest BCUT2D eigenvalue weighted by Crippen LogP contribution is -2.59. The van der Waals surface area contributed by atoms with Crippen molar-refractivity contribution in [2.45, 2.75) is 63.7 Å². The van der Waals surface area contributed by atoms with Gasteiger partial charge in [-0.05, 0) is 55.9 Å². The smallest absolute Gasteiger partial charge is 0.268 e. The molecule has 9 rings (SSSR count). The monoisotopic (exact) mass is 932 g/mol. The molecule has 0 aliphatic carbocycles. The molecule has 7 aromatic rings. The van der Waals surface area contributed by atoms with Crippen LogP contribution in [-0.4, -0.2) is 59.4 Å². The van der Waals surface area contributed by atoms with Crippen molar-refractivity contribution in [3.63, 3.8) is 0 Å². The number of ether oxygens (including phenoxy) is 6. The summed E-state index contributed by atoms with van der Waals surface area (Å²) in [4.78, 5) is 28.2. The fourth-order valence-corrected chi connectivity index (χ4v) is 8.95. The van der Waals surface area contributed by atoms with Crippen LogP contribution in [0.5, 0.6) is 5.75 Å². The van der Waals surface area contributed by atoms with Crippen molar-refractivity contribution in [1.82, 2.24) is 9.47 Å². The van der Waals surface area contributed by atoms with Crippen LogP contribution in [-0.2, 0) is 66.3 Å². The molecule has 0 saturated carbocycles. The second-order valence-corrected chi connectivity index (χ2v) is 16.9. The van der Waals surface area contributed by atoms with Gasteiger partial charge < -0.3 is 33.0 Å². The highest BCUT2D eigenvalue weighted by molar-refractivity contribution is 9.12. The van der Waals surface area contributed by atoms with Crippen LogP contribution >= 0.6 is 15.9 Å². The van der Waals surface area contributed by atoms with Gasteiger partial charge in [0.2, 0.25) is 0 Å². The van der Waals surface area contributed by atoms with E-state index in [-0.39, 0.29) is 36.5 Å². The Morgan fingerprint density at radius 3 is 1.54 bits per heavy atom. The first-order valence-electron chi connectivity index (χ1n) is 21.7. The summed E-state index contributed by atoms with van der Waals surface area (Å²) in [6, 6.07) is 55.7. The standard InChI is InChI=1S/C54H49BrN2O8/c1-56-52(58)47(48(55)53(56)59)44-30-57(45-29-42(27-28-43(44)45)61-32-38-19-9-3-10-20-38)54-51(64-35-41-25-15-6-16-26-41)50(63-34-40-23-13-5-14-24-40)49(62-33-39-21-11-4-12-22-39)46(65-54)36-60-31-37-17-7-2-8-18-37/h2-30,46,49-51,54H,31-36H2,1H3/t46-,49-,50+,51-,54-/m1/s1. The van der Waals surface area contributed by atoms with E-state index in [1.807, 2.05) is 181 Å². The van der Waals surface area contributed by atoms with Gasteiger partial charge in [-0.2, -0.15) is 0 Å². The predicted molar refractivity (Wildman–Crippen MR) is 251 cm³/mol. The van der Waals surface area contributed by atoms with E-state index in [0.29, 0.717) is 35.4 Å². The molecule has 1 saturated heterocycles. The lowest BCUT2D eigenvalue weighted by molar-refractivity contribution is -0.289. The highest BCUT2D eigenvalue weighted by Crippen LogP contribution is 2.43. The van der Waals surface area contributed by atoms with E-state index in [0.717, 1.165) is 32.7 Å². The van der Waals surface area contributed by atoms with Crippen LogP contribution in [0.3, 0.4) is 0 Å². The fraction of sp³-hybridized carbons (Fsp3) is 0.222. The molecule has 0 bridgehead atoms. The Bertz CT molecular complexity index is 2720. The Morgan fingerprint density at radius 1 is 0.554 bits per heavy atom. The summed E-state index contributed by atoms with van der Waals surface area (Å²) in [6.07, 6.45) is -1.84. The zero-order valence-corrected chi connectivity index (χ0v) is 37.5. The molecule has 11 heteroatoms. The molecule has 0 unspecified atom stereocenters. The number of aromatic nitrogens is 1. The van der Waals surface area contributed by atoms with E-state index < -0.39 is 42.5 Å². The summed E-state index contributed by atoms with van der Waals surface area (Å²) >= 11 is 3.48. The zero-order chi connectivity index (χ0) is 44.5. The van der Waals surface area contributed by atoms with Gasteiger partial charge >= 0.3 is 0 Å². The van der Waals surface area contributed by atoms with Crippen molar-refractivity contribution in [3.8, 4) is 5.75 Å². The highest BCUT2D eigenvalue weighted by Gasteiger charge is 2.50. The summed E-state index contributed by atoms with van der Waals surface area (Å²) < 4.78 is 43.4. The van der Waals surface area contributed by atoms with E-state index in [2.05, 4.69) is 15.9 Å². The van der Waals surface area contributed by atoms with Gasteiger partial charge in [0.1, 0.15) is 36.8 Å². The fourth-order valence-electron chi connectivity index (χ4n) is 8.30. The number of fused-ring (bicyclic) bond motifs is 1. The second-order valence-electron chi connectivity index (χ2n) is 16.1. The molecule has 5 atom stereocenters. The van der Waals surface area contributed by atoms with Crippen LogP contribution in [0.25, 0.3) is 16.5 Å². The first-order chi connectivity index (χ1) is 31.9. The molecule has 10 nitrogen and oxygen atoms in total.